The largest absolute Gasteiger partial charge is 0.387 e. The monoisotopic (exact) mass is 168 g/mol. The van der Waals surface area contributed by atoms with Gasteiger partial charge >= 0.3 is 0 Å². The third kappa shape index (κ3) is 2.23. The van der Waals surface area contributed by atoms with Crippen molar-refractivity contribution in [3.8, 4) is 0 Å². The summed E-state index contributed by atoms with van der Waals surface area (Å²) in [5.41, 5.74) is 5.90. The fraction of sp³-hybridized carbons (Fsp3) is 0.900. The molecule has 0 amide bonds. The summed E-state index contributed by atoms with van der Waals surface area (Å²) in [6.45, 7) is 8.58. The van der Waals surface area contributed by atoms with Crippen molar-refractivity contribution >= 4 is 5.84 Å². The zero-order chi connectivity index (χ0) is 9.35. The van der Waals surface area contributed by atoms with Crippen LogP contribution in [0, 0.1) is 11.3 Å². The summed E-state index contributed by atoms with van der Waals surface area (Å²) < 4.78 is 0. The van der Waals surface area contributed by atoms with Gasteiger partial charge in [0, 0.05) is 5.41 Å². The van der Waals surface area contributed by atoms with Crippen molar-refractivity contribution in [3.05, 3.63) is 0 Å². The standard InChI is InChI=1S/C10H20N2/c1-7-5-8(6-7)12-9(11)10(2,3)4/h7-8H,5-6H2,1-4H3,(H2,11,12). The Labute approximate surface area is 75.3 Å². The molecule has 0 bridgehead atoms. The smallest absolute Gasteiger partial charge is 0.0994 e. The fourth-order valence-corrected chi connectivity index (χ4v) is 1.36. The van der Waals surface area contributed by atoms with E-state index in [9.17, 15) is 0 Å². The van der Waals surface area contributed by atoms with Gasteiger partial charge in [-0.2, -0.15) is 0 Å². The zero-order valence-corrected chi connectivity index (χ0v) is 8.59. The van der Waals surface area contributed by atoms with Gasteiger partial charge in [-0.25, -0.2) is 0 Å². The van der Waals surface area contributed by atoms with Crippen LogP contribution >= 0.6 is 0 Å². The lowest BCUT2D eigenvalue weighted by Gasteiger charge is -2.31. The average molecular weight is 168 g/mol. The van der Waals surface area contributed by atoms with Crippen LogP contribution in [0.2, 0.25) is 0 Å². The predicted molar refractivity (Wildman–Crippen MR) is 53.3 cm³/mol. The van der Waals surface area contributed by atoms with E-state index in [2.05, 4.69) is 32.7 Å². The Hall–Kier alpha value is -0.530. The SMILES string of the molecule is CC1CC(N=C(N)C(C)(C)C)C1. The summed E-state index contributed by atoms with van der Waals surface area (Å²) in [6, 6.07) is 0.513. The van der Waals surface area contributed by atoms with Crippen LogP contribution in [0.3, 0.4) is 0 Å². The summed E-state index contributed by atoms with van der Waals surface area (Å²) in [4.78, 5) is 4.50. The van der Waals surface area contributed by atoms with Crippen LogP contribution in [0.15, 0.2) is 4.99 Å². The molecule has 1 rings (SSSR count). The molecule has 1 aliphatic rings. The van der Waals surface area contributed by atoms with Gasteiger partial charge in [-0.1, -0.05) is 27.7 Å². The molecule has 0 heterocycles. The van der Waals surface area contributed by atoms with Crippen molar-refractivity contribution in [2.75, 3.05) is 0 Å². The summed E-state index contributed by atoms with van der Waals surface area (Å²) in [7, 11) is 0. The lowest BCUT2D eigenvalue weighted by molar-refractivity contribution is 0.290. The number of rotatable bonds is 1. The normalized spacial score (nSPS) is 31.5. The minimum atomic E-state index is 0.0405. The van der Waals surface area contributed by atoms with Gasteiger partial charge in [0.25, 0.3) is 0 Å². The molecular weight excluding hydrogens is 148 g/mol. The Morgan fingerprint density at radius 1 is 1.33 bits per heavy atom. The Morgan fingerprint density at radius 2 is 1.83 bits per heavy atom. The second kappa shape index (κ2) is 3.08. The first-order valence-corrected chi connectivity index (χ1v) is 4.73. The Morgan fingerprint density at radius 3 is 2.17 bits per heavy atom. The van der Waals surface area contributed by atoms with Crippen LogP contribution in [0.25, 0.3) is 0 Å². The quantitative estimate of drug-likeness (QED) is 0.473. The highest BCUT2D eigenvalue weighted by molar-refractivity contribution is 5.85. The van der Waals surface area contributed by atoms with Gasteiger partial charge in [0.1, 0.15) is 0 Å². The molecule has 0 saturated heterocycles. The molecular formula is C10H20N2. The van der Waals surface area contributed by atoms with Crippen LogP contribution < -0.4 is 5.73 Å². The van der Waals surface area contributed by atoms with Crippen LogP contribution in [-0.4, -0.2) is 11.9 Å². The number of hydrogen-bond acceptors (Lipinski definition) is 1. The first kappa shape index (κ1) is 9.56. The molecule has 12 heavy (non-hydrogen) atoms. The predicted octanol–water partition coefficient (Wildman–Crippen LogP) is 2.19. The number of nitrogens with two attached hydrogens (primary N) is 1. The number of aliphatic imine (C=N–C) groups is 1. The van der Waals surface area contributed by atoms with E-state index in [1.54, 1.807) is 0 Å². The van der Waals surface area contributed by atoms with E-state index in [1.807, 2.05) is 0 Å². The average Bonchev–Trinajstić information content (AvgIpc) is 1.82. The first-order chi connectivity index (χ1) is 5.39. The molecule has 0 aromatic carbocycles. The summed E-state index contributed by atoms with van der Waals surface area (Å²) in [5.74, 6) is 1.66. The van der Waals surface area contributed by atoms with E-state index >= 15 is 0 Å². The van der Waals surface area contributed by atoms with Crippen molar-refractivity contribution in [3.63, 3.8) is 0 Å². The van der Waals surface area contributed by atoms with Crippen molar-refractivity contribution < 1.29 is 0 Å². The van der Waals surface area contributed by atoms with Gasteiger partial charge < -0.3 is 5.73 Å². The second-order valence-electron chi connectivity index (χ2n) is 4.99. The molecule has 70 valence electrons. The molecule has 0 aromatic heterocycles. The summed E-state index contributed by atoms with van der Waals surface area (Å²) in [5, 5.41) is 0. The lowest BCUT2D eigenvalue weighted by atomic mass is 9.82. The van der Waals surface area contributed by atoms with Crippen molar-refractivity contribution in [2.45, 2.75) is 46.6 Å². The molecule has 2 nitrogen and oxygen atoms in total. The minimum absolute atomic E-state index is 0.0405. The van der Waals surface area contributed by atoms with Gasteiger partial charge in [-0.05, 0) is 18.8 Å². The highest BCUT2D eigenvalue weighted by atomic mass is 14.9. The van der Waals surface area contributed by atoms with Crippen LogP contribution in [0.5, 0.6) is 0 Å². The van der Waals surface area contributed by atoms with Crippen molar-refractivity contribution in [1.82, 2.24) is 0 Å². The van der Waals surface area contributed by atoms with Crippen LogP contribution in [-0.2, 0) is 0 Å². The number of nitrogens with zero attached hydrogens (tertiary/aromatic N) is 1. The number of hydrogen-bond donors (Lipinski definition) is 1. The van der Waals surface area contributed by atoms with Crippen LogP contribution in [0.1, 0.15) is 40.5 Å². The van der Waals surface area contributed by atoms with Gasteiger partial charge in [-0.15, -0.1) is 0 Å². The number of amidine groups is 1. The molecule has 0 aliphatic heterocycles. The third-order valence-electron chi connectivity index (χ3n) is 2.44. The Bertz CT molecular complexity index is 183. The maximum atomic E-state index is 5.86. The molecule has 0 radical (unpaired) electrons. The zero-order valence-electron chi connectivity index (χ0n) is 8.59. The van der Waals surface area contributed by atoms with E-state index in [0.29, 0.717) is 6.04 Å². The molecule has 2 N–H and O–H groups in total. The highest BCUT2D eigenvalue weighted by Gasteiger charge is 2.26. The Kier molecular flexibility index (Phi) is 2.45. The fourth-order valence-electron chi connectivity index (χ4n) is 1.36. The molecule has 0 spiro atoms. The van der Waals surface area contributed by atoms with Crippen LogP contribution in [0.4, 0.5) is 0 Å². The molecule has 1 aliphatic carbocycles. The van der Waals surface area contributed by atoms with Crippen molar-refractivity contribution in [2.24, 2.45) is 22.1 Å². The van der Waals surface area contributed by atoms with E-state index in [4.69, 9.17) is 5.73 Å². The summed E-state index contributed by atoms with van der Waals surface area (Å²) in [6.07, 6.45) is 2.44. The molecule has 1 fully saturated rings. The molecule has 0 unspecified atom stereocenters. The van der Waals surface area contributed by atoms with Gasteiger partial charge in [-0.3, -0.25) is 4.99 Å². The van der Waals surface area contributed by atoms with E-state index in [1.165, 1.54) is 12.8 Å². The minimum Gasteiger partial charge on any atom is -0.387 e. The highest BCUT2D eigenvalue weighted by Crippen LogP contribution is 2.30. The first-order valence-electron chi connectivity index (χ1n) is 4.73. The maximum Gasteiger partial charge on any atom is 0.0994 e. The molecule has 2 heteroatoms. The van der Waals surface area contributed by atoms with Crippen molar-refractivity contribution in [1.29, 1.82) is 0 Å². The van der Waals surface area contributed by atoms with Gasteiger partial charge in [0.05, 0.1) is 11.9 Å². The third-order valence-corrected chi connectivity index (χ3v) is 2.44. The molecule has 0 aromatic rings. The van der Waals surface area contributed by atoms with E-state index < -0.39 is 0 Å². The van der Waals surface area contributed by atoms with E-state index in [0.717, 1.165) is 11.8 Å². The maximum absolute atomic E-state index is 5.86. The van der Waals surface area contributed by atoms with Gasteiger partial charge in [0.2, 0.25) is 0 Å². The summed E-state index contributed by atoms with van der Waals surface area (Å²) >= 11 is 0. The van der Waals surface area contributed by atoms with Gasteiger partial charge in [0.15, 0.2) is 0 Å². The second-order valence-corrected chi connectivity index (χ2v) is 4.99. The van der Waals surface area contributed by atoms with E-state index in [-0.39, 0.29) is 5.41 Å². The topological polar surface area (TPSA) is 38.4 Å². The molecule has 0 atom stereocenters. The lowest BCUT2D eigenvalue weighted by Crippen LogP contribution is -2.34. The Balaban J connectivity index is 2.47. The molecule has 1 saturated carbocycles.